The average Bonchev–Trinajstić information content (AvgIpc) is 3.36. The minimum absolute atomic E-state index is 0.0431. The predicted octanol–water partition coefficient (Wildman–Crippen LogP) is 7.21. The van der Waals surface area contributed by atoms with Crippen LogP contribution in [-0.4, -0.2) is 36.9 Å². The number of alkyl halides is 6. The van der Waals surface area contributed by atoms with Crippen LogP contribution in [-0.2, 0) is 46.1 Å². The molecule has 13 heteroatoms. The number of fused-ring (bicyclic) bond motifs is 3. The summed E-state index contributed by atoms with van der Waals surface area (Å²) in [6.07, 6.45) is -9.60. The van der Waals surface area contributed by atoms with E-state index in [1.807, 2.05) is 6.07 Å². The molecule has 2 aromatic carbocycles. The maximum atomic E-state index is 13.5. The Kier molecular flexibility index (Phi) is 8.13. The molecule has 0 saturated heterocycles. The van der Waals surface area contributed by atoms with Gasteiger partial charge in [-0.25, -0.2) is 14.7 Å². The van der Waals surface area contributed by atoms with Crippen molar-refractivity contribution in [1.29, 1.82) is 0 Å². The highest BCUT2D eigenvalue weighted by atomic mass is 19.4. The highest BCUT2D eigenvalue weighted by Gasteiger charge is 2.42. The molecule has 1 aliphatic carbocycles. The highest BCUT2D eigenvalue weighted by molar-refractivity contribution is 5.72. The van der Waals surface area contributed by atoms with E-state index in [0.29, 0.717) is 29.8 Å². The largest absolute Gasteiger partial charge is 0.533 e. The fourth-order valence-electron chi connectivity index (χ4n) is 5.39. The summed E-state index contributed by atoms with van der Waals surface area (Å²) < 4.78 is 91.0. The number of ether oxygens (including phenoxy) is 2. The number of aryl methyl sites for hydroxylation is 1. The number of nitrogens with zero attached hydrogens (tertiary/aromatic N) is 2. The summed E-state index contributed by atoms with van der Waals surface area (Å²) in [5.74, 6) is 0. The topological polar surface area (TPSA) is 68.3 Å². The number of hydrogen-bond donors (Lipinski definition) is 0. The van der Waals surface area contributed by atoms with Crippen molar-refractivity contribution < 1.29 is 50.2 Å². The van der Waals surface area contributed by atoms with Crippen molar-refractivity contribution in [3.63, 3.8) is 0 Å². The summed E-state index contributed by atoms with van der Waals surface area (Å²) in [7, 11) is 1.08. The first-order valence-electron chi connectivity index (χ1n) is 12.7. The van der Waals surface area contributed by atoms with Gasteiger partial charge in [0.2, 0.25) is 0 Å². The Hall–Kier alpha value is -3.64. The fourth-order valence-corrected chi connectivity index (χ4v) is 5.39. The maximum Gasteiger partial charge on any atom is 0.533 e. The van der Waals surface area contributed by atoms with E-state index in [9.17, 15) is 35.9 Å². The first kappa shape index (κ1) is 29.3. The van der Waals surface area contributed by atoms with Crippen molar-refractivity contribution in [3.8, 4) is 0 Å². The third kappa shape index (κ3) is 5.92. The number of hydroxylamine groups is 1. The van der Waals surface area contributed by atoms with Crippen molar-refractivity contribution in [2.75, 3.05) is 18.8 Å². The summed E-state index contributed by atoms with van der Waals surface area (Å²) in [5, 5.41) is 1.36. The van der Waals surface area contributed by atoms with E-state index < -0.39 is 54.4 Å². The van der Waals surface area contributed by atoms with Gasteiger partial charge in [-0.2, -0.15) is 26.3 Å². The first-order chi connectivity index (χ1) is 18.7. The molecule has 0 bridgehead atoms. The Bertz CT molecular complexity index is 1250. The summed E-state index contributed by atoms with van der Waals surface area (Å²) in [5.41, 5.74) is -0.376. The van der Waals surface area contributed by atoms with Crippen LogP contribution in [0.4, 0.5) is 41.6 Å². The minimum Gasteiger partial charge on any atom is -0.453 e. The molecule has 0 unspecified atom stereocenters. The molecule has 1 aliphatic heterocycles. The van der Waals surface area contributed by atoms with Gasteiger partial charge < -0.3 is 14.3 Å². The van der Waals surface area contributed by atoms with E-state index in [4.69, 9.17) is 14.3 Å². The molecule has 2 atom stereocenters. The van der Waals surface area contributed by atoms with Crippen LogP contribution in [0, 0.1) is 0 Å². The molecular weight excluding hydrogens is 546 g/mol. The Balaban J connectivity index is 1.82. The van der Waals surface area contributed by atoms with Gasteiger partial charge in [0, 0.05) is 12.1 Å². The van der Waals surface area contributed by atoms with Crippen molar-refractivity contribution in [1.82, 2.24) is 4.90 Å². The second-order valence-corrected chi connectivity index (χ2v) is 9.70. The lowest BCUT2D eigenvalue weighted by atomic mass is 9.86. The number of carbonyl (C=O) groups is 2. The van der Waals surface area contributed by atoms with Crippen LogP contribution in [0.2, 0.25) is 0 Å². The van der Waals surface area contributed by atoms with Gasteiger partial charge in [0.05, 0.1) is 42.6 Å². The van der Waals surface area contributed by atoms with Gasteiger partial charge >= 0.3 is 24.6 Å². The lowest BCUT2D eigenvalue weighted by Crippen LogP contribution is -2.46. The monoisotopic (exact) mass is 574 g/mol. The lowest BCUT2D eigenvalue weighted by molar-refractivity contribution is -0.143. The zero-order chi connectivity index (χ0) is 29.4. The van der Waals surface area contributed by atoms with Crippen LogP contribution < -0.4 is 5.06 Å². The molecule has 2 aliphatic rings. The third-order valence-corrected chi connectivity index (χ3v) is 7.06. The highest BCUT2D eigenvalue weighted by Crippen LogP contribution is 2.46. The first-order valence-corrected chi connectivity index (χ1v) is 12.7. The van der Waals surface area contributed by atoms with Crippen molar-refractivity contribution in [2.45, 2.75) is 70.5 Å². The molecule has 2 aromatic rings. The van der Waals surface area contributed by atoms with E-state index in [1.54, 1.807) is 19.9 Å². The Morgan fingerprint density at radius 2 is 1.68 bits per heavy atom. The van der Waals surface area contributed by atoms with Gasteiger partial charge in [-0.05, 0) is 80.5 Å². The second-order valence-electron chi connectivity index (χ2n) is 9.70. The summed E-state index contributed by atoms with van der Waals surface area (Å²) in [6.45, 7) is 2.82. The van der Waals surface area contributed by atoms with Crippen LogP contribution in [0.15, 0.2) is 30.3 Å². The van der Waals surface area contributed by atoms with E-state index in [0.717, 1.165) is 36.0 Å². The maximum absolute atomic E-state index is 13.5. The lowest BCUT2D eigenvalue weighted by Gasteiger charge is -2.43. The Morgan fingerprint density at radius 3 is 2.25 bits per heavy atom. The van der Waals surface area contributed by atoms with Gasteiger partial charge in [-0.15, -0.1) is 0 Å². The third-order valence-electron chi connectivity index (χ3n) is 7.06. The molecular formula is C27H28F6N2O5. The van der Waals surface area contributed by atoms with Crippen LogP contribution >= 0.6 is 0 Å². The Labute approximate surface area is 226 Å². The number of benzene rings is 2. The van der Waals surface area contributed by atoms with Gasteiger partial charge in [0.15, 0.2) is 0 Å². The van der Waals surface area contributed by atoms with E-state index in [-0.39, 0.29) is 24.7 Å². The Morgan fingerprint density at radius 1 is 1.02 bits per heavy atom. The smallest absolute Gasteiger partial charge is 0.453 e. The number of methoxy groups -OCH3 is 1. The molecule has 0 saturated carbocycles. The zero-order valence-corrected chi connectivity index (χ0v) is 22.0. The molecule has 40 heavy (non-hydrogen) atoms. The summed E-state index contributed by atoms with van der Waals surface area (Å²) in [6, 6.07) is 3.51. The number of halogens is 6. The number of hydrogen-bond acceptors (Lipinski definition) is 6. The van der Waals surface area contributed by atoms with Crippen molar-refractivity contribution in [3.05, 3.63) is 63.7 Å². The van der Waals surface area contributed by atoms with Crippen molar-refractivity contribution in [2.24, 2.45) is 0 Å². The molecule has 0 fully saturated rings. The zero-order valence-electron chi connectivity index (χ0n) is 22.0. The van der Waals surface area contributed by atoms with Crippen LogP contribution in [0.1, 0.15) is 66.1 Å². The van der Waals surface area contributed by atoms with E-state index in [2.05, 4.69) is 0 Å². The van der Waals surface area contributed by atoms with E-state index >= 15 is 0 Å². The number of carbonyl (C=O) groups excluding carboxylic acids is 2. The predicted molar refractivity (Wildman–Crippen MR) is 130 cm³/mol. The SMILES string of the molecule is CCOC(=O)ON1c2ccc3c(c2[C@@H](N(Cc2cc(C(F)(F)F)cc(C(F)(F)F)c2)C(=O)OC)C[C@H]1C)CCC3. The minimum atomic E-state index is -5.04. The molecule has 0 radical (unpaired) electrons. The average molecular weight is 575 g/mol. The van der Waals surface area contributed by atoms with Gasteiger partial charge in [0.1, 0.15) is 0 Å². The van der Waals surface area contributed by atoms with Crippen LogP contribution in [0.3, 0.4) is 0 Å². The van der Waals surface area contributed by atoms with Crippen molar-refractivity contribution >= 4 is 17.9 Å². The fraction of sp³-hybridized carbons (Fsp3) is 0.481. The van der Waals surface area contributed by atoms with Gasteiger partial charge in [-0.1, -0.05) is 6.07 Å². The quantitative estimate of drug-likeness (QED) is 0.278. The molecule has 1 heterocycles. The number of anilines is 1. The molecule has 0 aromatic heterocycles. The van der Waals surface area contributed by atoms with Crippen LogP contribution in [0.5, 0.6) is 0 Å². The molecule has 218 valence electrons. The summed E-state index contributed by atoms with van der Waals surface area (Å²) in [4.78, 5) is 31.9. The molecule has 0 N–H and O–H groups in total. The molecule has 1 amide bonds. The van der Waals surface area contributed by atoms with E-state index in [1.165, 1.54) is 5.06 Å². The van der Waals surface area contributed by atoms with Crippen LogP contribution in [0.25, 0.3) is 0 Å². The molecule has 4 rings (SSSR count). The van der Waals surface area contributed by atoms with Gasteiger partial charge in [-0.3, -0.25) is 4.90 Å². The van der Waals surface area contributed by atoms with Gasteiger partial charge in [0.25, 0.3) is 0 Å². The number of amides is 1. The standard InChI is InChI=1S/C27H28F6N2O5/c1-4-39-25(37)40-35-15(2)10-22(23-20-7-5-6-17(20)8-9-21(23)35)34(24(36)38-3)14-16-11-18(26(28,29)30)13-19(12-16)27(31,32)33/h8-9,11-13,15,22H,4-7,10,14H2,1-3H3/t15-,22+/m1/s1. The number of rotatable bonds is 5. The normalized spacial score (nSPS) is 18.6. The molecule has 0 spiro atoms. The molecule has 7 nitrogen and oxygen atoms in total. The summed E-state index contributed by atoms with van der Waals surface area (Å²) >= 11 is 0. The second kappa shape index (κ2) is 11.1.